The van der Waals surface area contributed by atoms with Gasteiger partial charge in [-0.1, -0.05) is 18.2 Å². The molecule has 5 nitrogen and oxygen atoms in total. The number of aromatic nitrogens is 1. The van der Waals surface area contributed by atoms with E-state index in [1.54, 1.807) is 42.8 Å². The SMILES string of the molecule is O=C(/C=C/c1ccco1)Nc1cccnc1Oc1ccccc1. The average molecular weight is 306 g/mol. The Hall–Kier alpha value is -3.34. The highest BCUT2D eigenvalue weighted by Gasteiger charge is 2.08. The molecule has 0 radical (unpaired) electrons. The first kappa shape index (κ1) is 14.6. The lowest BCUT2D eigenvalue weighted by Gasteiger charge is -2.09. The van der Waals surface area contributed by atoms with Gasteiger partial charge in [0, 0.05) is 12.3 Å². The number of furan rings is 1. The summed E-state index contributed by atoms with van der Waals surface area (Å²) in [7, 11) is 0. The number of hydrogen-bond acceptors (Lipinski definition) is 4. The molecule has 2 heterocycles. The van der Waals surface area contributed by atoms with Crippen LogP contribution in [-0.4, -0.2) is 10.9 Å². The molecule has 1 aromatic carbocycles. The molecule has 0 saturated carbocycles. The number of hydrogen-bond donors (Lipinski definition) is 1. The molecule has 114 valence electrons. The molecular formula is C18H14N2O3. The Morgan fingerprint density at radius 2 is 1.96 bits per heavy atom. The quantitative estimate of drug-likeness (QED) is 0.720. The number of carbonyl (C=O) groups excluding carboxylic acids is 1. The molecule has 23 heavy (non-hydrogen) atoms. The minimum absolute atomic E-state index is 0.299. The molecule has 1 amide bonds. The highest BCUT2D eigenvalue weighted by molar-refractivity contribution is 6.02. The van der Waals surface area contributed by atoms with E-state index in [0.29, 0.717) is 23.1 Å². The van der Waals surface area contributed by atoms with Gasteiger partial charge in [0.15, 0.2) is 0 Å². The Bertz CT molecular complexity index is 796. The zero-order valence-corrected chi connectivity index (χ0v) is 12.2. The third-order valence-electron chi connectivity index (χ3n) is 2.93. The lowest BCUT2D eigenvalue weighted by atomic mass is 10.3. The van der Waals surface area contributed by atoms with Crippen LogP contribution in [0, 0.1) is 0 Å². The predicted octanol–water partition coefficient (Wildman–Crippen LogP) is 4.12. The van der Waals surface area contributed by atoms with E-state index in [0.717, 1.165) is 0 Å². The zero-order chi connectivity index (χ0) is 15.9. The third kappa shape index (κ3) is 4.07. The second kappa shape index (κ2) is 7.09. The van der Waals surface area contributed by atoms with Gasteiger partial charge in [-0.05, 0) is 42.5 Å². The number of pyridine rings is 1. The van der Waals surface area contributed by atoms with Gasteiger partial charge >= 0.3 is 0 Å². The summed E-state index contributed by atoms with van der Waals surface area (Å²) < 4.78 is 10.8. The van der Waals surface area contributed by atoms with E-state index in [1.165, 1.54) is 6.08 Å². The molecule has 0 unspecified atom stereocenters. The molecule has 5 heteroatoms. The summed E-state index contributed by atoms with van der Waals surface area (Å²) in [6.45, 7) is 0. The Morgan fingerprint density at radius 1 is 1.09 bits per heavy atom. The molecule has 2 aromatic heterocycles. The van der Waals surface area contributed by atoms with E-state index in [4.69, 9.17) is 9.15 Å². The molecule has 0 fully saturated rings. The maximum Gasteiger partial charge on any atom is 0.248 e. The van der Waals surface area contributed by atoms with Crippen molar-refractivity contribution in [2.45, 2.75) is 0 Å². The first-order valence-electron chi connectivity index (χ1n) is 7.02. The van der Waals surface area contributed by atoms with Crippen LogP contribution in [0.3, 0.4) is 0 Å². The summed E-state index contributed by atoms with van der Waals surface area (Å²) in [6.07, 6.45) is 6.12. The summed E-state index contributed by atoms with van der Waals surface area (Å²) >= 11 is 0. The fourth-order valence-corrected chi connectivity index (χ4v) is 1.89. The smallest absolute Gasteiger partial charge is 0.248 e. The summed E-state index contributed by atoms with van der Waals surface area (Å²) in [5, 5.41) is 2.74. The number of amides is 1. The van der Waals surface area contributed by atoms with E-state index in [2.05, 4.69) is 10.3 Å². The van der Waals surface area contributed by atoms with Crippen molar-refractivity contribution in [3.63, 3.8) is 0 Å². The third-order valence-corrected chi connectivity index (χ3v) is 2.93. The highest BCUT2D eigenvalue weighted by Crippen LogP contribution is 2.26. The number of nitrogens with zero attached hydrogens (tertiary/aromatic N) is 1. The summed E-state index contributed by atoms with van der Waals surface area (Å²) in [4.78, 5) is 16.1. The first-order valence-corrected chi connectivity index (χ1v) is 7.02. The second-order valence-corrected chi connectivity index (χ2v) is 4.61. The number of anilines is 1. The van der Waals surface area contributed by atoms with Crippen LogP contribution in [0.15, 0.2) is 77.6 Å². The van der Waals surface area contributed by atoms with Gasteiger partial charge in [0.1, 0.15) is 17.2 Å². The second-order valence-electron chi connectivity index (χ2n) is 4.61. The number of rotatable bonds is 5. The molecule has 0 aliphatic rings. The predicted molar refractivity (Wildman–Crippen MR) is 87.1 cm³/mol. The molecule has 3 aromatic rings. The average Bonchev–Trinajstić information content (AvgIpc) is 3.09. The van der Waals surface area contributed by atoms with E-state index in [-0.39, 0.29) is 5.91 Å². The standard InChI is InChI=1S/C18H14N2O3/c21-17(11-10-14-8-5-13-22-14)20-16-9-4-12-19-18(16)23-15-6-2-1-3-7-15/h1-13H,(H,20,21)/b11-10+. The fraction of sp³-hybridized carbons (Fsp3) is 0. The minimum atomic E-state index is -0.299. The normalized spacial score (nSPS) is 10.6. The van der Waals surface area contributed by atoms with Gasteiger partial charge < -0.3 is 14.5 Å². The topological polar surface area (TPSA) is 64.4 Å². The van der Waals surface area contributed by atoms with Crippen LogP contribution in [-0.2, 0) is 4.79 Å². The van der Waals surface area contributed by atoms with Crippen molar-refractivity contribution in [1.29, 1.82) is 0 Å². The Morgan fingerprint density at radius 3 is 2.74 bits per heavy atom. The van der Waals surface area contributed by atoms with Crippen molar-refractivity contribution in [2.24, 2.45) is 0 Å². The van der Waals surface area contributed by atoms with Gasteiger partial charge in [-0.25, -0.2) is 4.98 Å². The van der Waals surface area contributed by atoms with Crippen molar-refractivity contribution in [2.75, 3.05) is 5.32 Å². The lowest BCUT2D eigenvalue weighted by molar-refractivity contribution is -0.111. The van der Waals surface area contributed by atoms with Crippen LogP contribution in [0.1, 0.15) is 5.76 Å². The van der Waals surface area contributed by atoms with Crippen LogP contribution in [0.25, 0.3) is 6.08 Å². The molecule has 0 aliphatic carbocycles. The minimum Gasteiger partial charge on any atom is -0.465 e. The van der Waals surface area contributed by atoms with E-state index >= 15 is 0 Å². The molecule has 0 saturated heterocycles. The lowest BCUT2D eigenvalue weighted by Crippen LogP contribution is -2.09. The molecule has 0 spiro atoms. The van der Waals surface area contributed by atoms with Gasteiger partial charge in [0.25, 0.3) is 0 Å². The molecule has 0 bridgehead atoms. The van der Waals surface area contributed by atoms with Gasteiger partial charge in [0.05, 0.1) is 6.26 Å². The number of carbonyl (C=O) groups is 1. The van der Waals surface area contributed by atoms with Crippen LogP contribution in [0.2, 0.25) is 0 Å². The highest BCUT2D eigenvalue weighted by atomic mass is 16.5. The van der Waals surface area contributed by atoms with E-state index in [1.807, 2.05) is 30.3 Å². The van der Waals surface area contributed by atoms with Crippen molar-refractivity contribution >= 4 is 17.7 Å². The fourth-order valence-electron chi connectivity index (χ4n) is 1.89. The van der Waals surface area contributed by atoms with E-state index in [9.17, 15) is 4.79 Å². The Kier molecular flexibility index (Phi) is 4.49. The van der Waals surface area contributed by atoms with E-state index < -0.39 is 0 Å². The number of benzene rings is 1. The Labute approximate surface area is 133 Å². The number of nitrogens with one attached hydrogen (secondary N) is 1. The monoisotopic (exact) mass is 306 g/mol. The number of para-hydroxylation sites is 1. The largest absolute Gasteiger partial charge is 0.465 e. The first-order chi connectivity index (χ1) is 11.3. The van der Waals surface area contributed by atoms with Crippen LogP contribution in [0.4, 0.5) is 5.69 Å². The van der Waals surface area contributed by atoms with Crippen molar-refractivity contribution in [1.82, 2.24) is 4.98 Å². The molecule has 3 rings (SSSR count). The van der Waals surface area contributed by atoms with Gasteiger partial charge in [-0.3, -0.25) is 4.79 Å². The maximum absolute atomic E-state index is 12.0. The summed E-state index contributed by atoms with van der Waals surface area (Å²) in [5.74, 6) is 1.28. The summed E-state index contributed by atoms with van der Waals surface area (Å²) in [6, 6.07) is 16.2. The van der Waals surface area contributed by atoms with Gasteiger partial charge in [-0.2, -0.15) is 0 Å². The summed E-state index contributed by atoms with van der Waals surface area (Å²) in [5.41, 5.74) is 0.491. The van der Waals surface area contributed by atoms with Crippen molar-refractivity contribution in [3.8, 4) is 11.6 Å². The molecule has 0 aliphatic heterocycles. The zero-order valence-electron chi connectivity index (χ0n) is 12.2. The van der Waals surface area contributed by atoms with Crippen LogP contribution < -0.4 is 10.1 Å². The van der Waals surface area contributed by atoms with Crippen molar-refractivity contribution in [3.05, 3.63) is 78.9 Å². The van der Waals surface area contributed by atoms with Crippen molar-refractivity contribution < 1.29 is 13.9 Å². The molecule has 1 N–H and O–H groups in total. The van der Waals surface area contributed by atoms with Crippen LogP contribution in [0.5, 0.6) is 11.6 Å². The van der Waals surface area contributed by atoms with Gasteiger partial charge in [-0.15, -0.1) is 0 Å². The Balaban J connectivity index is 1.71. The van der Waals surface area contributed by atoms with Crippen LogP contribution >= 0.6 is 0 Å². The molecular weight excluding hydrogens is 292 g/mol. The van der Waals surface area contributed by atoms with Gasteiger partial charge in [0.2, 0.25) is 11.8 Å². The molecule has 0 atom stereocenters. The maximum atomic E-state index is 12.0. The number of ether oxygens (including phenoxy) is 1.